The predicted octanol–water partition coefficient (Wildman–Crippen LogP) is 2.85. The SMILES string of the molecule is CNCC(Cc1ccoc1)C1CCCC1. The molecule has 0 aliphatic heterocycles. The average molecular weight is 207 g/mol. The lowest BCUT2D eigenvalue weighted by Crippen LogP contribution is -2.26. The van der Waals surface area contributed by atoms with Gasteiger partial charge in [-0.15, -0.1) is 0 Å². The van der Waals surface area contributed by atoms with Gasteiger partial charge in [-0.25, -0.2) is 0 Å². The van der Waals surface area contributed by atoms with Crippen LogP contribution in [0.15, 0.2) is 23.0 Å². The first-order valence-corrected chi connectivity index (χ1v) is 6.06. The standard InChI is InChI=1S/C13H21NO/c1-14-9-13(12-4-2-3-5-12)8-11-6-7-15-10-11/h6-7,10,12-14H,2-5,8-9H2,1H3. The summed E-state index contributed by atoms with van der Waals surface area (Å²) in [5.74, 6) is 1.71. The molecule has 0 spiro atoms. The first-order chi connectivity index (χ1) is 7.40. The maximum Gasteiger partial charge on any atom is 0.0934 e. The van der Waals surface area contributed by atoms with E-state index in [2.05, 4.69) is 18.4 Å². The van der Waals surface area contributed by atoms with Gasteiger partial charge in [0.2, 0.25) is 0 Å². The Kier molecular flexibility index (Phi) is 3.84. The molecule has 1 unspecified atom stereocenters. The van der Waals surface area contributed by atoms with E-state index in [1.54, 1.807) is 6.26 Å². The summed E-state index contributed by atoms with van der Waals surface area (Å²) in [5, 5.41) is 3.33. The Bertz CT molecular complexity index is 262. The number of furan rings is 1. The third-order valence-electron chi connectivity index (χ3n) is 3.61. The monoisotopic (exact) mass is 207 g/mol. The van der Waals surface area contributed by atoms with E-state index in [0.717, 1.165) is 18.4 Å². The van der Waals surface area contributed by atoms with Crippen molar-refractivity contribution in [2.24, 2.45) is 11.8 Å². The van der Waals surface area contributed by atoms with Crippen LogP contribution >= 0.6 is 0 Å². The summed E-state index contributed by atoms with van der Waals surface area (Å²) >= 11 is 0. The Hall–Kier alpha value is -0.760. The number of nitrogens with one attached hydrogen (secondary N) is 1. The summed E-state index contributed by atoms with van der Waals surface area (Å²) in [6.07, 6.45) is 10.5. The van der Waals surface area contributed by atoms with Gasteiger partial charge >= 0.3 is 0 Å². The molecule has 1 aliphatic carbocycles. The molecule has 1 aromatic heterocycles. The minimum Gasteiger partial charge on any atom is -0.472 e. The van der Waals surface area contributed by atoms with Gasteiger partial charge in [-0.2, -0.15) is 0 Å². The molecule has 1 aliphatic rings. The molecular weight excluding hydrogens is 186 g/mol. The fourth-order valence-corrected chi connectivity index (χ4v) is 2.81. The van der Waals surface area contributed by atoms with E-state index in [9.17, 15) is 0 Å². The lowest BCUT2D eigenvalue weighted by molar-refractivity contribution is 0.327. The Morgan fingerprint density at radius 3 is 2.87 bits per heavy atom. The number of rotatable bonds is 5. The van der Waals surface area contributed by atoms with Crippen molar-refractivity contribution in [3.8, 4) is 0 Å². The molecule has 0 radical (unpaired) electrons. The van der Waals surface area contributed by atoms with Gasteiger partial charge in [0.05, 0.1) is 12.5 Å². The zero-order valence-electron chi connectivity index (χ0n) is 9.54. The summed E-state index contributed by atoms with van der Waals surface area (Å²) in [4.78, 5) is 0. The van der Waals surface area contributed by atoms with E-state index in [-0.39, 0.29) is 0 Å². The van der Waals surface area contributed by atoms with Gasteiger partial charge in [0.1, 0.15) is 0 Å². The van der Waals surface area contributed by atoms with E-state index in [0.29, 0.717) is 0 Å². The second kappa shape index (κ2) is 5.36. The van der Waals surface area contributed by atoms with E-state index in [1.807, 2.05) is 6.26 Å². The topological polar surface area (TPSA) is 25.2 Å². The highest BCUT2D eigenvalue weighted by Crippen LogP contribution is 2.32. The van der Waals surface area contributed by atoms with Gasteiger partial charge in [0.25, 0.3) is 0 Å². The van der Waals surface area contributed by atoms with E-state index in [1.165, 1.54) is 37.7 Å². The second-order valence-electron chi connectivity index (χ2n) is 4.70. The molecular formula is C13H21NO. The molecule has 15 heavy (non-hydrogen) atoms. The molecule has 0 saturated heterocycles. The van der Waals surface area contributed by atoms with Crippen LogP contribution in [0.25, 0.3) is 0 Å². The van der Waals surface area contributed by atoms with E-state index < -0.39 is 0 Å². The molecule has 1 aromatic rings. The quantitative estimate of drug-likeness (QED) is 0.803. The molecule has 2 nitrogen and oxygen atoms in total. The lowest BCUT2D eigenvalue weighted by Gasteiger charge is -2.22. The molecule has 0 bridgehead atoms. The van der Waals surface area contributed by atoms with Crippen molar-refractivity contribution >= 4 is 0 Å². The van der Waals surface area contributed by atoms with Crippen molar-refractivity contribution in [3.05, 3.63) is 24.2 Å². The predicted molar refractivity (Wildman–Crippen MR) is 61.8 cm³/mol. The van der Waals surface area contributed by atoms with Gasteiger partial charge in [0.15, 0.2) is 0 Å². The largest absolute Gasteiger partial charge is 0.472 e. The zero-order valence-corrected chi connectivity index (χ0v) is 9.54. The molecule has 2 heteroatoms. The summed E-state index contributed by atoms with van der Waals surface area (Å²) in [6, 6.07) is 2.09. The van der Waals surface area contributed by atoms with Crippen molar-refractivity contribution < 1.29 is 4.42 Å². The fraction of sp³-hybridized carbons (Fsp3) is 0.692. The van der Waals surface area contributed by atoms with Crippen LogP contribution in [0.4, 0.5) is 0 Å². The summed E-state index contributed by atoms with van der Waals surface area (Å²) in [5.41, 5.74) is 1.35. The second-order valence-corrected chi connectivity index (χ2v) is 4.70. The van der Waals surface area contributed by atoms with Crippen molar-refractivity contribution in [1.82, 2.24) is 5.32 Å². The fourth-order valence-electron chi connectivity index (χ4n) is 2.81. The summed E-state index contributed by atoms with van der Waals surface area (Å²) < 4.78 is 5.14. The van der Waals surface area contributed by atoms with Crippen molar-refractivity contribution in [2.75, 3.05) is 13.6 Å². The van der Waals surface area contributed by atoms with Gasteiger partial charge < -0.3 is 9.73 Å². The molecule has 84 valence electrons. The zero-order chi connectivity index (χ0) is 10.5. The van der Waals surface area contributed by atoms with Crippen LogP contribution in [0.5, 0.6) is 0 Å². The van der Waals surface area contributed by atoms with Crippen LogP contribution in [0.2, 0.25) is 0 Å². The third-order valence-corrected chi connectivity index (χ3v) is 3.61. The first-order valence-electron chi connectivity index (χ1n) is 6.06. The van der Waals surface area contributed by atoms with Gasteiger partial charge in [-0.3, -0.25) is 0 Å². The molecule has 1 saturated carbocycles. The third kappa shape index (κ3) is 2.85. The maximum atomic E-state index is 5.14. The van der Waals surface area contributed by atoms with Crippen LogP contribution < -0.4 is 5.32 Å². The van der Waals surface area contributed by atoms with Gasteiger partial charge in [-0.05, 0) is 43.5 Å². The summed E-state index contributed by atoms with van der Waals surface area (Å²) in [6.45, 7) is 1.13. The van der Waals surface area contributed by atoms with Crippen LogP contribution in [0.3, 0.4) is 0 Å². The highest BCUT2D eigenvalue weighted by Gasteiger charge is 2.24. The highest BCUT2D eigenvalue weighted by atomic mass is 16.3. The lowest BCUT2D eigenvalue weighted by atomic mass is 9.86. The molecule has 1 heterocycles. The van der Waals surface area contributed by atoms with Crippen LogP contribution in [0, 0.1) is 11.8 Å². The minimum atomic E-state index is 0.787. The molecule has 1 N–H and O–H groups in total. The smallest absolute Gasteiger partial charge is 0.0934 e. The Morgan fingerprint density at radius 1 is 1.47 bits per heavy atom. The maximum absolute atomic E-state index is 5.14. The van der Waals surface area contributed by atoms with Crippen LogP contribution in [0.1, 0.15) is 31.2 Å². The molecule has 1 atom stereocenters. The minimum absolute atomic E-state index is 0.787. The average Bonchev–Trinajstić information content (AvgIpc) is 2.89. The van der Waals surface area contributed by atoms with Crippen molar-refractivity contribution in [3.63, 3.8) is 0 Å². The van der Waals surface area contributed by atoms with E-state index >= 15 is 0 Å². The van der Waals surface area contributed by atoms with Gasteiger partial charge in [-0.1, -0.05) is 25.7 Å². The summed E-state index contributed by atoms with van der Waals surface area (Å²) in [7, 11) is 2.05. The number of hydrogen-bond acceptors (Lipinski definition) is 2. The van der Waals surface area contributed by atoms with Gasteiger partial charge in [0, 0.05) is 0 Å². The highest BCUT2D eigenvalue weighted by molar-refractivity contribution is 5.07. The van der Waals surface area contributed by atoms with Crippen molar-refractivity contribution in [1.29, 1.82) is 0 Å². The molecule has 1 fully saturated rings. The Morgan fingerprint density at radius 2 is 2.27 bits per heavy atom. The molecule has 2 rings (SSSR count). The molecule has 0 aromatic carbocycles. The van der Waals surface area contributed by atoms with Crippen LogP contribution in [-0.2, 0) is 6.42 Å². The molecule has 0 amide bonds. The normalized spacial score (nSPS) is 19.5. The first kappa shape index (κ1) is 10.7. The van der Waals surface area contributed by atoms with Crippen molar-refractivity contribution in [2.45, 2.75) is 32.1 Å². The number of hydrogen-bond donors (Lipinski definition) is 1. The van der Waals surface area contributed by atoms with E-state index in [4.69, 9.17) is 4.42 Å². The van der Waals surface area contributed by atoms with Crippen LogP contribution in [-0.4, -0.2) is 13.6 Å². The Labute approximate surface area is 92.1 Å². The Balaban J connectivity index is 1.93.